The summed E-state index contributed by atoms with van der Waals surface area (Å²) in [6.45, 7) is 0.486. The number of hydrogen-bond acceptors (Lipinski definition) is 9. The molecule has 1 aromatic carbocycles. The number of guanidine groups is 1. The van der Waals surface area contributed by atoms with Crippen LogP contribution in [0.25, 0.3) is 0 Å². The van der Waals surface area contributed by atoms with E-state index in [0.717, 1.165) is 0 Å². The number of amides is 4. The molecular formula is C25H41N9O7. The lowest BCUT2D eigenvalue weighted by molar-refractivity contribution is -0.143. The van der Waals surface area contributed by atoms with Crippen LogP contribution < -0.4 is 44.6 Å². The second-order valence-corrected chi connectivity index (χ2v) is 9.40. The summed E-state index contributed by atoms with van der Waals surface area (Å²) in [4.78, 5) is 65.7. The standard InChI is InChI=1S/C25H41N9O7/c26-10-2-1-4-17(23(39)34-19(24(40)41)13-20(28)36)33-22(38)18(5-3-11-31-25(29)30)32-21(37)16(27)12-14-6-8-15(35)9-7-14/h6-9,16-19,35H,1-5,10-13,26-27H2,(H2,28,36)(H,32,37)(H,33,38)(H,34,39)(H,40,41)(H4,29,30,31). The van der Waals surface area contributed by atoms with Crippen LogP contribution in [0.1, 0.15) is 44.1 Å². The zero-order valence-electron chi connectivity index (χ0n) is 22.8. The molecule has 0 aromatic heterocycles. The Bertz CT molecular complexity index is 1060. The van der Waals surface area contributed by atoms with Gasteiger partial charge in [-0.25, -0.2) is 4.79 Å². The van der Waals surface area contributed by atoms with Crippen molar-refractivity contribution in [2.24, 2.45) is 33.7 Å². The summed E-state index contributed by atoms with van der Waals surface area (Å²) in [6, 6.07) is 1.13. The number of carbonyl (C=O) groups excluding carboxylic acids is 4. The monoisotopic (exact) mass is 579 g/mol. The first-order valence-corrected chi connectivity index (χ1v) is 13.0. The highest BCUT2D eigenvalue weighted by molar-refractivity contribution is 5.94. The van der Waals surface area contributed by atoms with E-state index < -0.39 is 60.2 Å². The fourth-order valence-corrected chi connectivity index (χ4v) is 3.74. The molecule has 0 radical (unpaired) electrons. The lowest BCUT2D eigenvalue weighted by Gasteiger charge is -2.25. The van der Waals surface area contributed by atoms with E-state index in [2.05, 4.69) is 20.9 Å². The second-order valence-electron chi connectivity index (χ2n) is 9.40. The fourth-order valence-electron chi connectivity index (χ4n) is 3.74. The van der Waals surface area contributed by atoms with Gasteiger partial charge in [0.25, 0.3) is 0 Å². The summed E-state index contributed by atoms with van der Waals surface area (Å²) in [5, 5.41) is 26.1. The molecule has 0 fully saturated rings. The minimum atomic E-state index is -1.60. The van der Waals surface area contributed by atoms with Gasteiger partial charge >= 0.3 is 5.97 Å². The highest BCUT2D eigenvalue weighted by atomic mass is 16.4. The number of aliphatic imine (C=N–C) groups is 1. The second kappa shape index (κ2) is 18.0. The predicted molar refractivity (Wildman–Crippen MR) is 150 cm³/mol. The van der Waals surface area contributed by atoms with Crippen LogP contribution >= 0.6 is 0 Å². The molecule has 1 rings (SSSR count). The minimum Gasteiger partial charge on any atom is -0.508 e. The number of phenolic OH excluding ortho intramolecular Hbond substituents is 1. The van der Waals surface area contributed by atoms with Crippen LogP contribution in [0.3, 0.4) is 0 Å². The zero-order valence-corrected chi connectivity index (χ0v) is 22.8. The molecular weight excluding hydrogens is 538 g/mol. The van der Waals surface area contributed by atoms with Gasteiger partial charge in [0.2, 0.25) is 23.6 Å². The number of nitrogens with zero attached hydrogens (tertiary/aromatic N) is 1. The van der Waals surface area contributed by atoms with Gasteiger partial charge in [-0.05, 0) is 62.8 Å². The highest BCUT2D eigenvalue weighted by Crippen LogP contribution is 2.11. The van der Waals surface area contributed by atoms with Crippen LogP contribution in [0.5, 0.6) is 5.75 Å². The Morgan fingerprint density at radius 3 is 1.85 bits per heavy atom. The van der Waals surface area contributed by atoms with Gasteiger partial charge in [0.05, 0.1) is 12.5 Å². The number of phenols is 1. The SMILES string of the molecule is NCCCCC(NC(=O)C(CCCN=C(N)N)NC(=O)C(N)Cc1ccc(O)cc1)C(=O)NC(CC(N)=O)C(=O)O. The first-order valence-electron chi connectivity index (χ1n) is 13.0. The van der Waals surface area contributed by atoms with E-state index in [1.54, 1.807) is 12.1 Å². The van der Waals surface area contributed by atoms with Crippen LogP contribution in [-0.4, -0.2) is 83.0 Å². The number of carboxylic acids is 1. The molecule has 0 spiro atoms. The van der Waals surface area contributed by atoms with Crippen molar-refractivity contribution in [1.82, 2.24) is 16.0 Å². The third-order valence-electron chi connectivity index (χ3n) is 5.91. The molecule has 0 aliphatic carbocycles. The van der Waals surface area contributed by atoms with Crippen molar-refractivity contribution in [3.8, 4) is 5.75 Å². The normalized spacial score (nSPS) is 13.6. The van der Waals surface area contributed by atoms with Crippen molar-refractivity contribution < 1.29 is 34.2 Å². The summed E-state index contributed by atoms with van der Waals surface area (Å²) < 4.78 is 0. The van der Waals surface area contributed by atoms with Crippen molar-refractivity contribution in [3.63, 3.8) is 0 Å². The molecule has 15 N–H and O–H groups in total. The van der Waals surface area contributed by atoms with Gasteiger partial charge in [0, 0.05) is 6.54 Å². The summed E-state index contributed by atoms with van der Waals surface area (Å²) in [7, 11) is 0. The average Bonchev–Trinajstić information content (AvgIpc) is 2.90. The lowest BCUT2D eigenvalue weighted by Crippen LogP contribution is -2.57. The molecule has 16 nitrogen and oxygen atoms in total. The van der Waals surface area contributed by atoms with E-state index in [1.807, 2.05) is 0 Å². The summed E-state index contributed by atoms with van der Waals surface area (Å²) >= 11 is 0. The maximum atomic E-state index is 13.3. The maximum absolute atomic E-state index is 13.3. The molecule has 4 amide bonds. The van der Waals surface area contributed by atoms with Gasteiger partial charge in [0.1, 0.15) is 23.9 Å². The molecule has 4 atom stereocenters. The van der Waals surface area contributed by atoms with Gasteiger partial charge in [-0.3, -0.25) is 24.2 Å². The Kier molecular flexibility index (Phi) is 15.2. The fraction of sp³-hybridized carbons (Fsp3) is 0.520. The van der Waals surface area contributed by atoms with Crippen molar-refractivity contribution in [2.75, 3.05) is 13.1 Å². The zero-order chi connectivity index (χ0) is 30.9. The molecule has 0 aliphatic heterocycles. The maximum Gasteiger partial charge on any atom is 0.326 e. The van der Waals surface area contributed by atoms with Crippen LogP contribution in [0.2, 0.25) is 0 Å². The molecule has 41 heavy (non-hydrogen) atoms. The van der Waals surface area contributed by atoms with Gasteiger partial charge < -0.3 is 54.8 Å². The predicted octanol–water partition coefficient (Wildman–Crippen LogP) is -3.14. The third-order valence-corrected chi connectivity index (χ3v) is 5.91. The summed E-state index contributed by atoms with van der Waals surface area (Å²) in [5.41, 5.74) is 28.0. The Morgan fingerprint density at radius 1 is 0.805 bits per heavy atom. The molecule has 4 unspecified atom stereocenters. The Balaban J connectivity index is 3.06. The largest absolute Gasteiger partial charge is 0.508 e. The number of aliphatic carboxylic acids is 1. The van der Waals surface area contributed by atoms with E-state index in [1.165, 1.54) is 12.1 Å². The van der Waals surface area contributed by atoms with Crippen LogP contribution in [-0.2, 0) is 30.4 Å². The molecule has 0 bridgehead atoms. The first kappa shape index (κ1) is 34.6. The van der Waals surface area contributed by atoms with Gasteiger partial charge in [-0.1, -0.05) is 12.1 Å². The van der Waals surface area contributed by atoms with Crippen LogP contribution in [0, 0.1) is 0 Å². The van der Waals surface area contributed by atoms with E-state index in [4.69, 9.17) is 28.7 Å². The number of rotatable bonds is 19. The summed E-state index contributed by atoms with van der Waals surface area (Å²) in [5.74, 6) is -4.72. The van der Waals surface area contributed by atoms with Crippen LogP contribution in [0.4, 0.5) is 0 Å². The number of nitrogens with one attached hydrogen (secondary N) is 3. The lowest BCUT2D eigenvalue weighted by atomic mass is 10.0. The number of benzene rings is 1. The van der Waals surface area contributed by atoms with E-state index >= 15 is 0 Å². The van der Waals surface area contributed by atoms with E-state index in [0.29, 0.717) is 24.9 Å². The molecule has 1 aromatic rings. The Morgan fingerprint density at radius 2 is 1.34 bits per heavy atom. The minimum absolute atomic E-state index is 0.0543. The number of unbranched alkanes of at least 4 members (excludes halogenated alkanes) is 1. The quantitative estimate of drug-likeness (QED) is 0.0443. The van der Waals surface area contributed by atoms with Crippen LogP contribution in [0.15, 0.2) is 29.3 Å². The first-order chi connectivity index (χ1) is 19.3. The van der Waals surface area contributed by atoms with Crippen molar-refractivity contribution in [3.05, 3.63) is 29.8 Å². The number of aromatic hydroxyl groups is 1. The topological polar surface area (TPSA) is 304 Å². The van der Waals surface area contributed by atoms with Gasteiger partial charge in [0.15, 0.2) is 5.96 Å². The molecule has 0 saturated carbocycles. The molecule has 0 aliphatic rings. The van der Waals surface area contributed by atoms with E-state index in [9.17, 15) is 34.2 Å². The van der Waals surface area contributed by atoms with Gasteiger partial charge in [-0.2, -0.15) is 0 Å². The number of nitrogens with two attached hydrogens (primary N) is 5. The molecule has 0 heterocycles. The number of carboxylic acid groups (broad SMARTS) is 1. The molecule has 0 saturated heterocycles. The van der Waals surface area contributed by atoms with Crippen molar-refractivity contribution in [2.45, 2.75) is 69.1 Å². The molecule has 16 heteroatoms. The van der Waals surface area contributed by atoms with Crippen molar-refractivity contribution >= 4 is 35.6 Å². The molecule has 228 valence electrons. The third kappa shape index (κ3) is 14.0. The number of carbonyl (C=O) groups is 5. The van der Waals surface area contributed by atoms with Gasteiger partial charge in [-0.15, -0.1) is 0 Å². The highest BCUT2D eigenvalue weighted by Gasteiger charge is 2.30. The summed E-state index contributed by atoms with van der Waals surface area (Å²) in [6.07, 6.45) is 0.883. The Labute approximate surface area is 237 Å². The number of hydrogen-bond donors (Lipinski definition) is 10. The Hall–Kier alpha value is -4.44. The average molecular weight is 580 g/mol. The van der Waals surface area contributed by atoms with Crippen molar-refractivity contribution in [1.29, 1.82) is 0 Å². The van der Waals surface area contributed by atoms with E-state index in [-0.39, 0.29) is 43.9 Å². The number of primary amides is 1. The smallest absolute Gasteiger partial charge is 0.326 e.